The fourth-order valence-corrected chi connectivity index (χ4v) is 4.17. The summed E-state index contributed by atoms with van der Waals surface area (Å²) in [5.41, 5.74) is 3.42. The number of thioether (sulfide) groups is 1. The number of rotatable bonds is 6. The molecule has 152 valence electrons. The van der Waals surface area contributed by atoms with Gasteiger partial charge in [0.15, 0.2) is 5.16 Å². The summed E-state index contributed by atoms with van der Waals surface area (Å²) in [7, 11) is 0. The Morgan fingerprint density at radius 1 is 1.24 bits per heavy atom. The first kappa shape index (κ1) is 19.5. The van der Waals surface area contributed by atoms with Crippen LogP contribution in [0, 0.1) is 13.8 Å². The van der Waals surface area contributed by atoms with Crippen molar-refractivity contribution in [1.29, 1.82) is 0 Å². The van der Waals surface area contributed by atoms with Gasteiger partial charge in [0.25, 0.3) is 0 Å². The summed E-state index contributed by atoms with van der Waals surface area (Å²) >= 11 is 1.39. The SMILES string of the molecule is Cc1ccc(C)c(-n2ccnc2SCC(=O)Nc2nc(N3CCCCC3)n[nH]2)c1. The van der Waals surface area contributed by atoms with Crippen molar-refractivity contribution in [1.82, 2.24) is 24.7 Å². The zero-order valence-electron chi connectivity index (χ0n) is 16.7. The second kappa shape index (κ2) is 8.69. The summed E-state index contributed by atoms with van der Waals surface area (Å²) in [5, 5.41) is 10.6. The lowest BCUT2D eigenvalue weighted by molar-refractivity contribution is -0.113. The second-order valence-electron chi connectivity index (χ2n) is 7.24. The van der Waals surface area contributed by atoms with Gasteiger partial charge < -0.3 is 4.90 Å². The first-order valence-electron chi connectivity index (χ1n) is 9.81. The van der Waals surface area contributed by atoms with E-state index in [1.165, 1.54) is 23.7 Å². The highest BCUT2D eigenvalue weighted by molar-refractivity contribution is 7.99. The number of nitrogens with one attached hydrogen (secondary N) is 2. The Hall–Kier alpha value is -2.81. The van der Waals surface area contributed by atoms with Crippen LogP contribution in [-0.4, -0.2) is 49.5 Å². The third-order valence-electron chi connectivity index (χ3n) is 4.93. The molecule has 1 amide bonds. The van der Waals surface area contributed by atoms with Crippen molar-refractivity contribution in [3.63, 3.8) is 0 Å². The van der Waals surface area contributed by atoms with Gasteiger partial charge in [0, 0.05) is 25.5 Å². The lowest BCUT2D eigenvalue weighted by Crippen LogP contribution is -2.30. The molecule has 2 N–H and O–H groups in total. The van der Waals surface area contributed by atoms with Gasteiger partial charge in [-0.25, -0.2) is 10.1 Å². The lowest BCUT2D eigenvalue weighted by Gasteiger charge is -2.24. The lowest BCUT2D eigenvalue weighted by atomic mass is 10.1. The Kier molecular flexibility index (Phi) is 5.84. The van der Waals surface area contributed by atoms with Gasteiger partial charge in [-0.1, -0.05) is 23.9 Å². The number of aromatic nitrogens is 5. The van der Waals surface area contributed by atoms with E-state index in [0.717, 1.165) is 42.3 Å². The van der Waals surface area contributed by atoms with Gasteiger partial charge in [-0.05, 0) is 50.3 Å². The first-order valence-corrected chi connectivity index (χ1v) is 10.8. The number of piperidine rings is 1. The van der Waals surface area contributed by atoms with E-state index in [2.05, 4.69) is 62.4 Å². The molecule has 29 heavy (non-hydrogen) atoms. The fourth-order valence-electron chi connectivity index (χ4n) is 3.40. The van der Waals surface area contributed by atoms with E-state index in [1.54, 1.807) is 6.20 Å². The van der Waals surface area contributed by atoms with Crippen LogP contribution >= 0.6 is 11.8 Å². The topological polar surface area (TPSA) is 91.7 Å². The summed E-state index contributed by atoms with van der Waals surface area (Å²) in [4.78, 5) is 23.3. The van der Waals surface area contributed by atoms with E-state index in [1.807, 2.05) is 10.8 Å². The molecule has 8 nitrogen and oxygen atoms in total. The summed E-state index contributed by atoms with van der Waals surface area (Å²) in [6.45, 7) is 6.06. The van der Waals surface area contributed by atoms with Crippen LogP contribution in [0.25, 0.3) is 5.69 Å². The molecule has 0 aliphatic carbocycles. The molecule has 3 heterocycles. The van der Waals surface area contributed by atoms with Crippen molar-refractivity contribution < 1.29 is 4.79 Å². The van der Waals surface area contributed by atoms with Crippen LogP contribution in [0.4, 0.5) is 11.9 Å². The van der Waals surface area contributed by atoms with Gasteiger partial charge in [0.2, 0.25) is 17.8 Å². The average Bonchev–Trinajstić information content (AvgIpc) is 3.38. The third kappa shape index (κ3) is 4.61. The molecule has 9 heteroatoms. The standard InChI is InChI=1S/C20H25N7OS/c1-14-6-7-15(2)16(12-14)27-11-8-21-20(27)29-13-17(28)22-18-23-19(25-24-18)26-9-4-3-5-10-26/h6-8,11-12H,3-5,9-10,13H2,1-2H3,(H2,22,23,24,25,28). The Morgan fingerprint density at radius 2 is 2.07 bits per heavy atom. The molecule has 0 unspecified atom stereocenters. The molecule has 0 atom stereocenters. The molecule has 1 aromatic carbocycles. The van der Waals surface area contributed by atoms with E-state index in [0.29, 0.717) is 11.9 Å². The molecular formula is C20H25N7OS. The quantitative estimate of drug-likeness (QED) is 0.605. The normalized spacial score (nSPS) is 14.2. The molecule has 0 spiro atoms. The van der Waals surface area contributed by atoms with E-state index >= 15 is 0 Å². The minimum Gasteiger partial charge on any atom is -0.340 e. The largest absolute Gasteiger partial charge is 0.340 e. The summed E-state index contributed by atoms with van der Waals surface area (Å²) < 4.78 is 2.02. The number of hydrogen-bond acceptors (Lipinski definition) is 6. The molecule has 1 saturated heterocycles. The summed E-state index contributed by atoms with van der Waals surface area (Å²) in [6.07, 6.45) is 7.23. The van der Waals surface area contributed by atoms with Gasteiger partial charge >= 0.3 is 0 Å². The number of imidazole rings is 1. The number of anilines is 2. The fraction of sp³-hybridized carbons (Fsp3) is 0.400. The van der Waals surface area contributed by atoms with Crippen LogP contribution in [0.5, 0.6) is 0 Å². The molecule has 0 radical (unpaired) electrons. The van der Waals surface area contributed by atoms with E-state index in [4.69, 9.17) is 0 Å². The minimum absolute atomic E-state index is 0.146. The predicted octanol–water partition coefficient (Wildman–Crippen LogP) is 3.33. The highest BCUT2D eigenvalue weighted by Crippen LogP contribution is 2.24. The average molecular weight is 412 g/mol. The Balaban J connectivity index is 1.37. The highest BCUT2D eigenvalue weighted by Gasteiger charge is 2.17. The van der Waals surface area contributed by atoms with Crippen LogP contribution in [0.2, 0.25) is 0 Å². The molecule has 0 saturated carbocycles. The monoisotopic (exact) mass is 411 g/mol. The zero-order chi connectivity index (χ0) is 20.2. The molecular weight excluding hydrogens is 386 g/mol. The number of benzene rings is 1. The van der Waals surface area contributed by atoms with Gasteiger partial charge in [-0.15, -0.1) is 5.10 Å². The maximum atomic E-state index is 12.4. The van der Waals surface area contributed by atoms with Crippen LogP contribution in [0.15, 0.2) is 35.7 Å². The number of aromatic amines is 1. The number of nitrogens with zero attached hydrogens (tertiary/aromatic N) is 5. The van der Waals surface area contributed by atoms with Gasteiger partial charge in [0.1, 0.15) is 0 Å². The van der Waals surface area contributed by atoms with Crippen LogP contribution in [0.1, 0.15) is 30.4 Å². The van der Waals surface area contributed by atoms with Crippen molar-refractivity contribution in [3.05, 3.63) is 41.7 Å². The van der Waals surface area contributed by atoms with Crippen LogP contribution in [0.3, 0.4) is 0 Å². The van der Waals surface area contributed by atoms with E-state index < -0.39 is 0 Å². The van der Waals surface area contributed by atoms with Gasteiger partial charge in [-0.3, -0.25) is 14.7 Å². The number of H-pyrrole nitrogens is 1. The number of hydrogen-bond donors (Lipinski definition) is 2. The number of amides is 1. The molecule has 0 bridgehead atoms. The Morgan fingerprint density at radius 3 is 2.90 bits per heavy atom. The molecule has 2 aromatic heterocycles. The molecule has 1 aliphatic heterocycles. The minimum atomic E-state index is -0.146. The molecule has 4 rings (SSSR count). The van der Waals surface area contributed by atoms with Crippen LogP contribution < -0.4 is 10.2 Å². The Labute approximate surface area is 174 Å². The van der Waals surface area contributed by atoms with Crippen molar-refractivity contribution in [2.45, 2.75) is 38.3 Å². The van der Waals surface area contributed by atoms with E-state index in [-0.39, 0.29) is 11.7 Å². The van der Waals surface area contributed by atoms with Gasteiger partial charge in [0.05, 0.1) is 11.4 Å². The first-order chi connectivity index (χ1) is 14.1. The number of carbonyl (C=O) groups is 1. The zero-order valence-corrected chi connectivity index (χ0v) is 17.5. The number of carbonyl (C=O) groups excluding carboxylic acids is 1. The molecule has 1 aliphatic rings. The third-order valence-corrected chi connectivity index (χ3v) is 5.90. The predicted molar refractivity (Wildman–Crippen MR) is 115 cm³/mol. The van der Waals surface area contributed by atoms with Crippen molar-refractivity contribution in [2.24, 2.45) is 0 Å². The van der Waals surface area contributed by atoms with Crippen LogP contribution in [-0.2, 0) is 4.79 Å². The van der Waals surface area contributed by atoms with Gasteiger partial charge in [-0.2, -0.15) is 4.98 Å². The summed E-state index contributed by atoms with van der Waals surface area (Å²) in [6, 6.07) is 6.30. The highest BCUT2D eigenvalue weighted by atomic mass is 32.2. The van der Waals surface area contributed by atoms with Crippen molar-refractivity contribution in [3.8, 4) is 5.69 Å². The maximum Gasteiger partial charge on any atom is 0.246 e. The molecule has 1 fully saturated rings. The second-order valence-corrected chi connectivity index (χ2v) is 8.18. The smallest absolute Gasteiger partial charge is 0.246 e. The van der Waals surface area contributed by atoms with Crippen molar-refractivity contribution >= 4 is 29.6 Å². The van der Waals surface area contributed by atoms with Crippen molar-refractivity contribution in [2.75, 3.05) is 29.1 Å². The van der Waals surface area contributed by atoms with E-state index in [9.17, 15) is 4.79 Å². The number of aryl methyl sites for hydroxylation is 2. The maximum absolute atomic E-state index is 12.4. The molecule has 3 aromatic rings. The summed E-state index contributed by atoms with van der Waals surface area (Å²) in [5.74, 6) is 1.13. The Bertz CT molecular complexity index is 990.